The van der Waals surface area contributed by atoms with Crippen LogP contribution in [0.4, 0.5) is 0 Å². The number of aromatic nitrogens is 1. The zero-order valence-electron chi connectivity index (χ0n) is 8.91. The van der Waals surface area contributed by atoms with Gasteiger partial charge in [-0.25, -0.2) is 4.98 Å². The van der Waals surface area contributed by atoms with E-state index in [0.717, 1.165) is 12.8 Å². The van der Waals surface area contributed by atoms with E-state index in [-0.39, 0.29) is 12.0 Å². The van der Waals surface area contributed by atoms with E-state index in [1.165, 1.54) is 36.4 Å². The average Bonchev–Trinajstić information content (AvgIpc) is 2.74. The van der Waals surface area contributed by atoms with Crippen LogP contribution >= 0.6 is 11.3 Å². The van der Waals surface area contributed by atoms with Gasteiger partial charge in [-0.2, -0.15) is 0 Å². The van der Waals surface area contributed by atoms with Crippen molar-refractivity contribution in [1.29, 1.82) is 0 Å². The Hall–Kier alpha value is -0.410. The predicted molar refractivity (Wildman–Crippen MR) is 61.3 cm³/mol. The van der Waals surface area contributed by atoms with Crippen LogP contribution in [-0.2, 0) is 5.41 Å². The molecule has 2 aliphatic rings. The molecule has 3 heteroatoms. The summed E-state index contributed by atoms with van der Waals surface area (Å²) < 4.78 is 0. The topological polar surface area (TPSA) is 33.1 Å². The van der Waals surface area contributed by atoms with Gasteiger partial charge in [-0.15, -0.1) is 11.3 Å². The second kappa shape index (κ2) is 3.56. The summed E-state index contributed by atoms with van der Waals surface area (Å²) in [6.07, 6.45) is 7.61. The van der Waals surface area contributed by atoms with Crippen LogP contribution in [0.15, 0.2) is 5.38 Å². The van der Waals surface area contributed by atoms with Crippen LogP contribution in [0, 0.1) is 0 Å². The summed E-state index contributed by atoms with van der Waals surface area (Å²) in [7, 11) is 0. The molecule has 1 aromatic heterocycles. The molecular formula is C12H17NOS. The highest BCUT2D eigenvalue weighted by Crippen LogP contribution is 2.49. The average molecular weight is 223 g/mol. The van der Waals surface area contributed by atoms with Gasteiger partial charge < -0.3 is 5.11 Å². The van der Waals surface area contributed by atoms with Crippen molar-refractivity contribution < 1.29 is 5.11 Å². The Balaban J connectivity index is 1.81. The second-order valence-electron chi connectivity index (χ2n) is 5.00. The van der Waals surface area contributed by atoms with E-state index < -0.39 is 0 Å². The first kappa shape index (κ1) is 9.79. The Bertz CT molecular complexity index is 350. The molecule has 0 unspecified atom stereocenters. The summed E-state index contributed by atoms with van der Waals surface area (Å²) in [6, 6.07) is 0. The van der Waals surface area contributed by atoms with Gasteiger partial charge in [0.15, 0.2) is 0 Å². The van der Waals surface area contributed by atoms with Crippen molar-refractivity contribution in [3.63, 3.8) is 0 Å². The van der Waals surface area contributed by atoms with E-state index >= 15 is 0 Å². The molecule has 0 aliphatic heterocycles. The van der Waals surface area contributed by atoms with Crippen LogP contribution < -0.4 is 0 Å². The van der Waals surface area contributed by atoms with Crippen molar-refractivity contribution in [1.82, 2.24) is 4.98 Å². The third-order valence-corrected chi connectivity index (χ3v) is 5.01. The number of nitrogens with zero attached hydrogens (tertiary/aromatic N) is 1. The first-order valence-electron chi connectivity index (χ1n) is 5.91. The third-order valence-electron chi connectivity index (χ3n) is 3.91. The highest BCUT2D eigenvalue weighted by atomic mass is 32.1. The van der Waals surface area contributed by atoms with Gasteiger partial charge in [-0.05, 0) is 25.7 Å². The summed E-state index contributed by atoms with van der Waals surface area (Å²) in [4.78, 5) is 4.76. The van der Waals surface area contributed by atoms with Gasteiger partial charge in [0.05, 0.1) is 12.3 Å². The Labute approximate surface area is 94.4 Å². The standard InChI is InChI=1S/C12H17NOS/c14-8-12(5-6-12)11-13-10(7-15-11)9-3-1-2-4-9/h7,9,14H,1-6,8H2. The monoisotopic (exact) mass is 223 g/mol. The zero-order valence-corrected chi connectivity index (χ0v) is 9.72. The minimum absolute atomic E-state index is 0.0710. The molecule has 15 heavy (non-hydrogen) atoms. The molecular weight excluding hydrogens is 206 g/mol. The van der Waals surface area contributed by atoms with Gasteiger partial charge >= 0.3 is 0 Å². The highest BCUT2D eigenvalue weighted by molar-refractivity contribution is 7.09. The quantitative estimate of drug-likeness (QED) is 0.854. The SMILES string of the molecule is OCC1(c2nc(C3CCCC3)cs2)CC1. The molecule has 82 valence electrons. The largest absolute Gasteiger partial charge is 0.395 e. The first-order chi connectivity index (χ1) is 7.34. The molecule has 1 heterocycles. The number of aliphatic hydroxyl groups is 1. The molecule has 3 rings (SSSR count). The van der Waals surface area contributed by atoms with Crippen LogP contribution in [0.25, 0.3) is 0 Å². The van der Waals surface area contributed by atoms with Crippen molar-refractivity contribution in [3.05, 3.63) is 16.1 Å². The van der Waals surface area contributed by atoms with Crippen LogP contribution in [0.5, 0.6) is 0 Å². The van der Waals surface area contributed by atoms with Crippen LogP contribution in [-0.4, -0.2) is 16.7 Å². The maximum Gasteiger partial charge on any atom is 0.101 e. The number of thiazole rings is 1. The molecule has 1 aromatic rings. The second-order valence-corrected chi connectivity index (χ2v) is 5.86. The molecule has 0 bridgehead atoms. The van der Waals surface area contributed by atoms with E-state index in [4.69, 9.17) is 4.98 Å². The van der Waals surface area contributed by atoms with E-state index in [1.807, 2.05) is 0 Å². The zero-order chi connectivity index (χ0) is 10.3. The number of hydrogen-bond donors (Lipinski definition) is 1. The van der Waals surface area contributed by atoms with E-state index in [2.05, 4.69) is 5.38 Å². The van der Waals surface area contributed by atoms with E-state index in [9.17, 15) is 5.11 Å². The van der Waals surface area contributed by atoms with Gasteiger partial charge in [0.1, 0.15) is 5.01 Å². The lowest BCUT2D eigenvalue weighted by molar-refractivity contribution is 0.254. The van der Waals surface area contributed by atoms with E-state index in [0.29, 0.717) is 5.92 Å². The van der Waals surface area contributed by atoms with Crippen molar-refractivity contribution in [3.8, 4) is 0 Å². The lowest BCUT2D eigenvalue weighted by Crippen LogP contribution is -2.11. The lowest BCUT2D eigenvalue weighted by Gasteiger charge is -2.07. The van der Waals surface area contributed by atoms with Crippen molar-refractivity contribution >= 4 is 11.3 Å². The predicted octanol–water partition coefficient (Wildman–Crippen LogP) is 2.82. The fourth-order valence-electron chi connectivity index (χ4n) is 2.53. The number of rotatable bonds is 3. The van der Waals surface area contributed by atoms with Crippen LogP contribution in [0.1, 0.15) is 55.1 Å². The molecule has 0 spiro atoms. The Kier molecular flexibility index (Phi) is 2.33. The van der Waals surface area contributed by atoms with Crippen molar-refractivity contribution in [2.24, 2.45) is 0 Å². The minimum atomic E-state index is 0.0710. The number of hydrogen-bond acceptors (Lipinski definition) is 3. The van der Waals surface area contributed by atoms with Crippen LogP contribution in [0.2, 0.25) is 0 Å². The van der Waals surface area contributed by atoms with Crippen LogP contribution in [0.3, 0.4) is 0 Å². The maximum absolute atomic E-state index is 9.35. The van der Waals surface area contributed by atoms with Gasteiger partial charge in [0, 0.05) is 16.7 Å². The van der Waals surface area contributed by atoms with Gasteiger partial charge in [0.25, 0.3) is 0 Å². The summed E-state index contributed by atoms with van der Waals surface area (Å²) in [5, 5.41) is 12.8. The fraction of sp³-hybridized carbons (Fsp3) is 0.750. The molecule has 0 radical (unpaired) electrons. The molecule has 1 N–H and O–H groups in total. The fourth-order valence-corrected chi connectivity index (χ4v) is 3.68. The summed E-state index contributed by atoms with van der Waals surface area (Å²) in [6.45, 7) is 0.282. The van der Waals surface area contributed by atoms with E-state index in [1.54, 1.807) is 11.3 Å². The molecule has 0 saturated heterocycles. The first-order valence-corrected chi connectivity index (χ1v) is 6.79. The molecule has 0 amide bonds. The Morgan fingerprint density at radius 2 is 2.13 bits per heavy atom. The molecule has 0 atom stereocenters. The summed E-state index contributed by atoms with van der Waals surface area (Å²) in [5.74, 6) is 0.712. The highest BCUT2D eigenvalue weighted by Gasteiger charge is 2.46. The molecule has 0 aromatic carbocycles. The Morgan fingerprint density at radius 3 is 2.73 bits per heavy atom. The van der Waals surface area contributed by atoms with Gasteiger partial charge in [-0.1, -0.05) is 12.8 Å². The van der Waals surface area contributed by atoms with Gasteiger partial charge in [0.2, 0.25) is 0 Å². The molecule has 2 saturated carbocycles. The third kappa shape index (κ3) is 1.62. The maximum atomic E-state index is 9.35. The smallest absolute Gasteiger partial charge is 0.101 e. The Morgan fingerprint density at radius 1 is 1.40 bits per heavy atom. The molecule has 2 fully saturated rings. The van der Waals surface area contributed by atoms with Crippen molar-refractivity contribution in [2.45, 2.75) is 49.9 Å². The lowest BCUT2D eigenvalue weighted by atomic mass is 10.1. The summed E-state index contributed by atoms with van der Waals surface area (Å²) >= 11 is 1.76. The van der Waals surface area contributed by atoms with Crippen molar-refractivity contribution in [2.75, 3.05) is 6.61 Å². The summed E-state index contributed by atoms with van der Waals surface area (Å²) in [5.41, 5.74) is 1.37. The minimum Gasteiger partial charge on any atom is -0.395 e. The normalized spacial score (nSPS) is 24.6. The molecule has 2 aliphatic carbocycles. The van der Waals surface area contributed by atoms with Gasteiger partial charge in [-0.3, -0.25) is 0 Å². The molecule has 2 nitrogen and oxygen atoms in total. The number of aliphatic hydroxyl groups excluding tert-OH is 1.